The van der Waals surface area contributed by atoms with E-state index in [1.165, 1.54) is 8.87 Å². The molecule has 1 saturated heterocycles. The van der Waals surface area contributed by atoms with Crippen molar-refractivity contribution in [2.45, 2.75) is 45.7 Å². The van der Waals surface area contributed by atoms with Crippen LogP contribution >= 0.6 is 0 Å². The van der Waals surface area contributed by atoms with E-state index in [0.29, 0.717) is 44.1 Å². The minimum atomic E-state index is -3.24. The molecule has 1 saturated carbocycles. The quantitative estimate of drug-likeness (QED) is 0.577. The Labute approximate surface area is 211 Å². The first-order chi connectivity index (χ1) is 17.2. The molecule has 2 amide bonds. The van der Waals surface area contributed by atoms with E-state index >= 15 is 0 Å². The molecule has 5 rings (SSSR count). The van der Waals surface area contributed by atoms with Crippen LogP contribution in [0.25, 0.3) is 0 Å². The van der Waals surface area contributed by atoms with Gasteiger partial charge in [0.15, 0.2) is 0 Å². The summed E-state index contributed by atoms with van der Waals surface area (Å²) < 4.78 is 27.2. The lowest BCUT2D eigenvalue weighted by atomic mass is 10.0. The average molecular weight is 513 g/mol. The molecule has 3 aliphatic rings. The summed E-state index contributed by atoms with van der Waals surface area (Å²) >= 11 is 0. The lowest BCUT2D eigenvalue weighted by Gasteiger charge is -2.32. The van der Waals surface area contributed by atoms with Gasteiger partial charge in [0.25, 0.3) is 17.4 Å². The molecule has 0 unspecified atom stereocenters. The van der Waals surface area contributed by atoms with Gasteiger partial charge in [-0.2, -0.15) is 0 Å². The third kappa shape index (κ3) is 5.10. The number of aryl methyl sites for hydroxylation is 1. The Bertz CT molecular complexity index is 1350. The topological polar surface area (TPSA) is 109 Å². The number of hydrogen-bond donors (Lipinski definition) is 1. The number of benzene rings is 1. The molecular weight excluding hydrogens is 480 g/mol. The zero-order chi connectivity index (χ0) is 25.4. The van der Waals surface area contributed by atoms with Crippen molar-refractivity contribution in [3.63, 3.8) is 0 Å². The molecule has 2 aromatic rings. The SMILES string of the molecule is Cc1ccc(CNC(=O)c2cc(CC3CC3)c3n(c2=O)CCN(CCN2CCCS2(=O)=O)C3=O)cc1. The second-order valence-corrected chi connectivity index (χ2v) is 12.2. The van der Waals surface area contributed by atoms with Crippen molar-refractivity contribution in [3.05, 3.63) is 68.6 Å². The fourth-order valence-corrected chi connectivity index (χ4v) is 6.50. The highest BCUT2D eigenvalue weighted by atomic mass is 32.2. The van der Waals surface area contributed by atoms with E-state index in [9.17, 15) is 22.8 Å². The number of hydrogen-bond acceptors (Lipinski definition) is 5. The maximum absolute atomic E-state index is 13.5. The number of sulfonamides is 1. The molecule has 36 heavy (non-hydrogen) atoms. The van der Waals surface area contributed by atoms with Gasteiger partial charge in [-0.15, -0.1) is 0 Å². The second-order valence-electron chi connectivity index (χ2n) is 10.1. The van der Waals surface area contributed by atoms with Gasteiger partial charge in [0.1, 0.15) is 11.3 Å². The van der Waals surface area contributed by atoms with Crippen molar-refractivity contribution in [2.24, 2.45) is 5.92 Å². The number of carbonyl (C=O) groups excluding carboxylic acids is 2. The normalized spacial score (nSPS) is 19.4. The largest absolute Gasteiger partial charge is 0.348 e. The molecule has 1 aromatic heterocycles. The van der Waals surface area contributed by atoms with Crippen molar-refractivity contribution in [2.75, 3.05) is 31.9 Å². The molecule has 1 N–H and O–H groups in total. The van der Waals surface area contributed by atoms with Gasteiger partial charge in [-0.3, -0.25) is 14.4 Å². The summed E-state index contributed by atoms with van der Waals surface area (Å²) in [6.07, 6.45) is 3.39. The molecule has 1 aliphatic carbocycles. The molecule has 0 radical (unpaired) electrons. The molecule has 0 bridgehead atoms. The van der Waals surface area contributed by atoms with E-state index in [-0.39, 0.29) is 36.9 Å². The average Bonchev–Trinajstić information content (AvgIpc) is 3.60. The van der Waals surface area contributed by atoms with Crippen LogP contribution in [0.5, 0.6) is 0 Å². The smallest absolute Gasteiger partial charge is 0.270 e. The first-order valence-electron chi connectivity index (χ1n) is 12.6. The molecule has 2 fully saturated rings. The maximum Gasteiger partial charge on any atom is 0.270 e. The third-order valence-corrected chi connectivity index (χ3v) is 9.25. The zero-order valence-electron chi connectivity index (χ0n) is 20.5. The van der Waals surface area contributed by atoms with Gasteiger partial charge < -0.3 is 14.8 Å². The number of amides is 2. The van der Waals surface area contributed by atoms with E-state index in [1.54, 1.807) is 11.0 Å². The fraction of sp³-hybridized carbons (Fsp3) is 0.500. The Kier molecular flexibility index (Phi) is 6.74. The summed E-state index contributed by atoms with van der Waals surface area (Å²) in [7, 11) is -3.24. The van der Waals surface area contributed by atoms with Crippen molar-refractivity contribution < 1.29 is 18.0 Å². The Morgan fingerprint density at radius 3 is 2.47 bits per heavy atom. The molecule has 0 atom stereocenters. The minimum Gasteiger partial charge on any atom is -0.348 e. The van der Waals surface area contributed by atoms with Crippen LogP contribution in [0.4, 0.5) is 0 Å². The van der Waals surface area contributed by atoms with Crippen LogP contribution in [-0.4, -0.2) is 65.9 Å². The van der Waals surface area contributed by atoms with Gasteiger partial charge in [-0.05, 0) is 55.7 Å². The molecule has 1 aromatic carbocycles. The summed E-state index contributed by atoms with van der Waals surface area (Å²) in [6.45, 7) is 3.91. The summed E-state index contributed by atoms with van der Waals surface area (Å²) in [4.78, 5) is 41.4. The van der Waals surface area contributed by atoms with Gasteiger partial charge in [-0.25, -0.2) is 12.7 Å². The van der Waals surface area contributed by atoms with Crippen molar-refractivity contribution in [1.82, 2.24) is 19.1 Å². The van der Waals surface area contributed by atoms with E-state index in [0.717, 1.165) is 29.5 Å². The van der Waals surface area contributed by atoms with Crippen LogP contribution in [0, 0.1) is 12.8 Å². The first kappa shape index (κ1) is 24.7. The van der Waals surface area contributed by atoms with Crippen LogP contribution in [-0.2, 0) is 29.5 Å². The van der Waals surface area contributed by atoms with Crippen LogP contribution in [0.2, 0.25) is 0 Å². The summed E-state index contributed by atoms with van der Waals surface area (Å²) in [5.41, 5.74) is 2.74. The van der Waals surface area contributed by atoms with E-state index in [4.69, 9.17) is 0 Å². The number of nitrogens with zero attached hydrogens (tertiary/aromatic N) is 3. The van der Waals surface area contributed by atoms with Gasteiger partial charge in [0, 0.05) is 39.3 Å². The number of rotatable bonds is 8. The predicted octanol–water partition coefficient (Wildman–Crippen LogP) is 1.53. The lowest BCUT2D eigenvalue weighted by Crippen LogP contribution is -2.49. The van der Waals surface area contributed by atoms with Crippen LogP contribution in [0.3, 0.4) is 0 Å². The standard InChI is InChI=1S/C26H32N4O5S/c1-18-3-5-20(6-4-18)17-27-24(31)22-16-21(15-19-7-8-19)23-26(33)28(11-13-30(23)25(22)32)10-12-29-9-2-14-36(29,34)35/h3-6,16,19H,2,7-15,17H2,1H3,(H,27,31). The Balaban J connectivity index is 1.37. The summed E-state index contributed by atoms with van der Waals surface area (Å²) in [6, 6.07) is 9.42. The summed E-state index contributed by atoms with van der Waals surface area (Å²) in [5, 5.41) is 2.85. The monoisotopic (exact) mass is 512 g/mol. The van der Waals surface area contributed by atoms with Crippen LogP contribution in [0.1, 0.15) is 56.8 Å². The minimum absolute atomic E-state index is 0.0610. The van der Waals surface area contributed by atoms with Crippen molar-refractivity contribution >= 4 is 21.8 Å². The molecule has 3 heterocycles. The molecule has 0 spiro atoms. The number of pyridine rings is 1. The number of aromatic nitrogens is 1. The van der Waals surface area contributed by atoms with Crippen molar-refractivity contribution in [3.8, 4) is 0 Å². The van der Waals surface area contributed by atoms with Gasteiger partial charge in [0.2, 0.25) is 10.0 Å². The number of carbonyl (C=O) groups is 2. The van der Waals surface area contributed by atoms with E-state index in [1.807, 2.05) is 31.2 Å². The van der Waals surface area contributed by atoms with Gasteiger partial charge in [-0.1, -0.05) is 29.8 Å². The predicted molar refractivity (Wildman–Crippen MR) is 135 cm³/mol. The Morgan fingerprint density at radius 1 is 1.06 bits per heavy atom. The molecule has 10 heteroatoms. The van der Waals surface area contributed by atoms with Gasteiger partial charge in [0.05, 0.1) is 5.75 Å². The third-order valence-electron chi connectivity index (χ3n) is 7.30. The molecule has 192 valence electrons. The molecule has 9 nitrogen and oxygen atoms in total. The zero-order valence-corrected chi connectivity index (χ0v) is 21.3. The van der Waals surface area contributed by atoms with E-state index < -0.39 is 21.5 Å². The molecular formula is C26H32N4O5S. The summed E-state index contributed by atoms with van der Waals surface area (Å²) in [5.74, 6) is -0.104. The highest BCUT2D eigenvalue weighted by Gasteiger charge is 2.34. The maximum atomic E-state index is 13.5. The Hall–Kier alpha value is -2.98. The van der Waals surface area contributed by atoms with Crippen LogP contribution < -0.4 is 10.9 Å². The highest BCUT2D eigenvalue weighted by molar-refractivity contribution is 7.89. The van der Waals surface area contributed by atoms with Crippen molar-refractivity contribution in [1.29, 1.82) is 0 Å². The number of fused-ring (bicyclic) bond motifs is 1. The molecule has 2 aliphatic heterocycles. The highest BCUT2D eigenvalue weighted by Crippen LogP contribution is 2.34. The lowest BCUT2D eigenvalue weighted by molar-refractivity contribution is 0.0689. The number of nitrogens with one attached hydrogen (secondary N) is 1. The van der Waals surface area contributed by atoms with E-state index in [2.05, 4.69) is 5.32 Å². The fourth-order valence-electron chi connectivity index (χ4n) is 4.99. The first-order valence-corrected chi connectivity index (χ1v) is 14.2. The van der Waals surface area contributed by atoms with Gasteiger partial charge >= 0.3 is 0 Å². The Morgan fingerprint density at radius 2 is 1.81 bits per heavy atom. The second kappa shape index (κ2) is 9.82. The van der Waals surface area contributed by atoms with Crippen LogP contribution in [0.15, 0.2) is 35.1 Å².